The van der Waals surface area contributed by atoms with Crippen LogP contribution in [0.1, 0.15) is 21.5 Å². The zero-order chi connectivity index (χ0) is 22.4. The number of ketones is 1. The molecule has 1 aliphatic rings. The summed E-state index contributed by atoms with van der Waals surface area (Å²) in [4.78, 5) is 13.3. The number of methoxy groups -OCH3 is 3. The van der Waals surface area contributed by atoms with Gasteiger partial charge in [-0.2, -0.15) is 0 Å². The number of benzene rings is 3. The summed E-state index contributed by atoms with van der Waals surface area (Å²) in [6.45, 7) is 3.96. The molecule has 5 heteroatoms. The first kappa shape index (κ1) is 19.9. The average molecular weight is 425 g/mol. The van der Waals surface area contributed by atoms with Crippen LogP contribution in [0.2, 0.25) is 0 Å². The molecule has 160 valence electrons. The smallest absolute Gasteiger partial charge is 0.204 e. The molecule has 0 bridgehead atoms. The molecule has 0 saturated heterocycles. The largest absolute Gasteiger partial charge is 0.493 e. The Hall–Kier alpha value is -3.99. The highest BCUT2D eigenvalue weighted by atomic mass is 16.5. The number of allylic oxidation sites excluding steroid dienone is 1. The Labute approximate surface area is 186 Å². The number of hydrogen-bond donors (Lipinski definition) is 0. The van der Waals surface area contributed by atoms with Gasteiger partial charge in [0.25, 0.3) is 0 Å². The SMILES string of the molecule is C=Cn1c2ccccc2c2cc(/C=C3/Cc4cc(OC)c(OC)c(OC)c4C3=O)ccc21. The topological polar surface area (TPSA) is 49.7 Å². The summed E-state index contributed by atoms with van der Waals surface area (Å²) in [5.41, 5.74) is 5.29. The molecule has 0 amide bonds. The minimum absolute atomic E-state index is 0.0496. The van der Waals surface area contributed by atoms with Gasteiger partial charge in [0.05, 0.1) is 37.9 Å². The number of carbonyl (C=O) groups is 1. The monoisotopic (exact) mass is 425 g/mol. The van der Waals surface area contributed by atoms with Gasteiger partial charge in [0.15, 0.2) is 17.3 Å². The van der Waals surface area contributed by atoms with Gasteiger partial charge >= 0.3 is 0 Å². The highest BCUT2D eigenvalue weighted by molar-refractivity contribution is 6.18. The molecule has 0 radical (unpaired) electrons. The van der Waals surface area contributed by atoms with Gasteiger partial charge in [0, 0.05) is 29.0 Å². The van der Waals surface area contributed by atoms with E-state index in [2.05, 4.69) is 35.4 Å². The first-order chi connectivity index (χ1) is 15.6. The van der Waals surface area contributed by atoms with Crippen LogP contribution in [0.5, 0.6) is 17.2 Å². The standard InChI is InChI=1S/C27H23NO4/c1-5-28-21-9-7-6-8-19(21)20-13-16(10-11-22(20)28)12-18-14-17-15-23(30-2)26(31-3)27(32-4)24(17)25(18)29/h5-13,15H,1,14H2,2-4H3/b18-12-. The zero-order valence-electron chi connectivity index (χ0n) is 18.3. The molecule has 1 aromatic heterocycles. The van der Waals surface area contributed by atoms with Crippen molar-refractivity contribution in [3.05, 3.63) is 77.4 Å². The van der Waals surface area contributed by atoms with E-state index in [-0.39, 0.29) is 5.78 Å². The van der Waals surface area contributed by atoms with Crippen molar-refractivity contribution in [3.8, 4) is 17.2 Å². The second kappa shape index (κ2) is 7.61. The molecule has 0 fully saturated rings. The van der Waals surface area contributed by atoms with Crippen molar-refractivity contribution in [2.75, 3.05) is 21.3 Å². The normalized spacial score (nSPS) is 14.2. The molecule has 0 unspecified atom stereocenters. The summed E-state index contributed by atoms with van der Waals surface area (Å²) in [7, 11) is 4.65. The van der Waals surface area contributed by atoms with Gasteiger partial charge in [0.2, 0.25) is 5.75 Å². The molecule has 0 N–H and O–H groups in total. The molecule has 5 nitrogen and oxygen atoms in total. The highest BCUT2D eigenvalue weighted by Crippen LogP contribution is 2.46. The highest BCUT2D eigenvalue weighted by Gasteiger charge is 2.32. The molecule has 0 spiro atoms. The molecule has 3 aromatic carbocycles. The number of hydrogen-bond acceptors (Lipinski definition) is 4. The summed E-state index contributed by atoms with van der Waals surface area (Å²) < 4.78 is 18.5. The molecule has 0 saturated carbocycles. The molecule has 1 heterocycles. The number of aromatic nitrogens is 1. The van der Waals surface area contributed by atoms with Crippen LogP contribution in [-0.4, -0.2) is 31.7 Å². The molecule has 4 aromatic rings. The third-order valence-electron chi connectivity index (χ3n) is 6.07. The molecule has 5 rings (SSSR count). The zero-order valence-corrected chi connectivity index (χ0v) is 18.3. The molecule has 0 atom stereocenters. The van der Waals surface area contributed by atoms with Crippen LogP contribution in [0, 0.1) is 0 Å². The van der Waals surface area contributed by atoms with Crippen molar-refractivity contribution in [3.63, 3.8) is 0 Å². The number of nitrogens with zero attached hydrogens (tertiary/aromatic N) is 1. The van der Waals surface area contributed by atoms with Crippen LogP contribution in [0.3, 0.4) is 0 Å². The lowest BCUT2D eigenvalue weighted by Gasteiger charge is -2.14. The Morgan fingerprint density at radius 1 is 0.906 bits per heavy atom. The van der Waals surface area contributed by atoms with Crippen LogP contribution >= 0.6 is 0 Å². The van der Waals surface area contributed by atoms with Crippen molar-refractivity contribution in [1.29, 1.82) is 0 Å². The molecule has 0 aliphatic heterocycles. The van der Waals surface area contributed by atoms with E-state index >= 15 is 0 Å². The van der Waals surface area contributed by atoms with E-state index < -0.39 is 0 Å². The Kier molecular flexibility index (Phi) is 4.74. The number of Topliss-reactive ketones (excluding diaryl/α,β-unsaturated/α-hetero) is 1. The predicted molar refractivity (Wildman–Crippen MR) is 128 cm³/mol. The van der Waals surface area contributed by atoms with E-state index in [1.807, 2.05) is 36.5 Å². The number of rotatable bonds is 5. The maximum atomic E-state index is 13.3. The lowest BCUT2D eigenvalue weighted by Crippen LogP contribution is -2.03. The summed E-state index contributed by atoms with van der Waals surface area (Å²) in [6.07, 6.45) is 4.30. The third-order valence-corrected chi connectivity index (χ3v) is 6.07. The van der Waals surface area contributed by atoms with Crippen LogP contribution in [0.25, 0.3) is 34.1 Å². The van der Waals surface area contributed by atoms with Gasteiger partial charge in [-0.15, -0.1) is 0 Å². The Morgan fingerprint density at radius 3 is 2.38 bits per heavy atom. The minimum Gasteiger partial charge on any atom is -0.493 e. The Balaban J connectivity index is 1.63. The lowest BCUT2D eigenvalue weighted by atomic mass is 10.0. The Morgan fingerprint density at radius 2 is 1.66 bits per heavy atom. The number of ether oxygens (including phenoxy) is 3. The molecular formula is C27H23NO4. The fourth-order valence-corrected chi connectivity index (χ4v) is 4.67. The fourth-order valence-electron chi connectivity index (χ4n) is 4.67. The van der Waals surface area contributed by atoms with Crippen molar-refractivity contribution in [2.24, 2.45) is 0 Å². The lowest BCUT2D eigenvalue weighted by molar-refractivity contribution is 0.103. The summed E-state index contributed by atoms with van der Waals surface area (Å²) >= 11 is 0. The molecule has 32 heavy (non-hydrogen) atoms. The van der Waals surface area contributed by atoms with E-state index in [1.54, 1.807) is 7.11 Å². The van der Waals surface area contributed by atoms with Crippen LogP contribution in [-0.2, 0) is 6.42 Å². The number of carbonyl (C=O) groups excluding carboxylic acids is 1. The van der Waals surface area contributed by atoms with E-state index in [0.717, 1.165) is 32.9 Å². The maximum Gasteiger partial charge on any atom is 0.204 e. The average Bonchev–Trinajstić information content (AvgIpc) is 3.31. The third kappa shape index (κ3) is 2.82. The van der Waals surface area contributed by atoms with Gasteiger partial charge in [-0.1, -0.05) is 30.8 Å². The maximum absolute atomic E-state index is 13.3. The van der Waals surface area contributed by atoms with E-state index in [9.17, 15) is 4.79 Å². The summed E-state index contributed by atoms with van der Waals surface area (Å²) in [5, 5.41) is 2.28. The first-order valence-corrected chi connectivity index (χ1v) is 10.3. The van der Waals surface area contributed by atoms with E-state index in [1.165, 1.54) is 14.2 Å². The minimum atomic E-state index is -0.0496. The van der Waals surface area contributed by atoms with Gasteiger partial charge in [-0.25, -0.2) is 0 Å². The number of para-hydroxylation sites is 1. The second-order valence-corrected chi connectivity index (χ2v) is 7.70. The van der Waals surface area contributed by atoms with Crippen LogP contribution < -0.4 is 14.2 Å². The number of fused-ring (bicyclic) bond motifs is 4. The summed E-state index contributed by atoms with van der Waals surface area (Å²) in [6, 6.07) is 16.3. The first-order valence-electron chi connectivity index (χ1n) is 10.3. The quantitative estimate of drug-likeness (QED) is 0.383. The molecule has 1 aliphatic carbocycles. The second-order valence-electron chi connectivity index (χ2n) is 7.70. The van der Waals surface area contributed by atoms with Crippen LogP contribution in [0.4, 0.5) is 0 Å². The van der Waals surface area contributed by atoms with Crippen molar-refractivity contribution in [2.45, 2.75) is 6.42 Å². The van der Waals surface area contributed by atoms with Crippen molar-refractivity contribution >= 4 is 39.9 Å². The van der Waals surface area contributed by atoms with E-state index in [0.29, 0.717) is 34.8 Å². The van der Waals surface area contributed by atoms with Gasteiger partial charge in [-0.3, -0.25) is 4.79 Å². The fraction of sp³-hybridized carbons (Fsp3) is 0.148. The van der Waals surface area contributed by atoms with Gasteiger partial charge in [0.1, 0.15) is 0 Å². The van der Waals surface area contributed by atoms with Crippen molar-refractivity contribution in [1.82, 2.24) is 4.57 Å². The van der Waals surface area contributed by atoms with Gasteiger partial charge < -0.3 is 18.8 Å². The molecular weight excluding hydrogens is 402 g/mol. The van der Waals surface area contributed by atoms with Crippen LogP contribution in [0.15, 0.2) is 60.7 Å². The predicted octanol–water partition coefficient (Wildman–Crippen LogP) is 5.74. The van der Waals surface area contributed by atoms with Gasteiger partial charge in [-0.05, 0) is 41.5 Å². The summed E-state index contributed by atoms with van der Waals surface area (Å²) in [5.74, 6) is 1.35. The van der Waals surface area contributed by atoms with E-state index in [4.69, 9.17) is 14.2 Å². The Bertz CT molecular complexity index is 1440. The van der Waals surface area contributed by atoms with Crippen molar-refractivity contribution < 1.29 is 19.0 Å².